The average Bonchev–Trinajstić information content (AvgIpc) is 3.46. The number of ether oxygens (including phenoxy) is 3. The van der Waals surface area contributed by atoms with Gasteiger partial charge in [0.25, 0.3) is 5.91 Å². The molecule has 1 amide bonds. The van der Waals surface area contributed by atoms with Crippen molar-refractivity contribution in [2.75, 3.05) is 27.0 Å². The molecule has 9 nitrogen and oxygen atoms in total. The van der Waals surface area contributed by atoms with Gasteiger partial charge in [-0.3, -0.25) is 4.79 Å². The van der Waals surface area contributed by atoms with Crippen LogP contribution in [0, 0.1) is 18.3 Å². The first-order valence-corrected chi connectivity index (χ1v) is 13.3. The van der Waals surface area contributed by atoms with E-state index in [-0.39, 0.29) is 43.1 Å². The number of nitrogens with zero attached hydrogens (tertiary/aromatic N) is 3. The van der Waals surface area contributed by atoms with E-state index >= 15 is 0 Å². The smallest absolute Gasteiger partial charge is 0.251 e. The highest BCUT2D eigenvalue weighted by molar-refractivity contribution is 7.89. The van der Waals surface area contributed by atoms with E-state index in [9.17, 15) is 13.2 Å². The van der Waals surface area contributed by atoms with Crippen molar-refractivity contribution in [1.82, 2.24) is 8.87 Å². The molecular weight excluding hydrogens is 490 g/mol. The van der Waals surface area contributed by atoms with Crippen molar-refractivity contribution in [1.29, 1.82) is 0 Å². The lowest BCUT2D eigenvalue weighted by atomic mass is 9.98. The number of rotatable bonds is 5. The van der Waals surface area contributed by atoms with Gasteiger partial charge in [0.2, 0.25) is 16.8 Å². The summed E-state index contributed by atoms with van der Waals surface area (Å²) >= 11 is 1.36. The first-order valence-electron chi connectivity index (χ1n) is 11.0. The van der Waals surface area contributed by atoms with E-state index in [0.717, 1.165) is 10.2 Å². The molecule has 1 saturated heterocycles. The normalized spacial score (nSPS) is 17.0. The van der Waals surface area contributed by atoms with Crippen LogP contribution in [0.4, 0.5) is 0 Å². The van der Waals surface area contributed by atoms with Crippen molar-refractivity contribution in [2.45, 2.75) is 24.3 Å². The summed E-state index contributed by atoms with van der Waals surface area (Å²) in [6.07, 6.45) is 6.36. The predicted octanol–water partition coefficient (Wildman–Crippen LogP) is 2.60. The highest BCUT2D eigenvalue weighted by Gasteiger charge is 2.32. The second kappa shape index (κ2) is 9.37. The van der Waals surface area contributed by atoms with Crippen LogP contribution in [0.25, 0.3) is 10.2 Å². The number of hydrogen-bond donors (Lipinski definition) is 0. The van der Waals surface area contributed by atoms with Gasteiger partial charge in [-0.05, 0) is 37.1 Å². The second-order valence-electron chi connectivity index (χ2n) is 8.15. The van der Waals surface area contributed by atoms with Gasteiger partial charge >= 0.3 is 0 Å². The zero-order chi connectivity index (χ0) is 24.6. The summed E-state index contributed by atoms with van der Waals surface area (Å²) in [7, 11) is -2.12. The minimum absolute atomic E-state index is 0.171. The Bertz CT molecular complexity index is 1490. The number of benzene rings is 2. The third-order valence-electron chi connectivity index (χ3n) is 6.13. The number of piperidine rings is 1. The molecule has 35 heavy (non-hydrogen) atoms. The second-order valence-corrected chi connectivity index (χ2v) is 11.1. The lowest BCUT2D eigenvalue weighted by molar-refractivity contribution is -0.122. The molecule has 0 atom stereocenters. The first kappa shape index (κ1) is 23.4. The van der Waals surface area contributed by atoms with Gasteiger partial charge in [0.05, 0.1) is 28.8 Å². The summed E-state index contributed by atoms with van der Waals surface area (Å²) in [6, 6.07) is 9.99. The van der Waals surface area contributed by atoms with Gasteiger partial charge in [-0.25, -0.2) is 8.42 Å². The average molecular weight is 514 g/mol. The van der Waals surface area contributed by atoms with Gasteiger partial charge in [0.15, 0.2) is 16.3 Å². The molecule has 0 bridgehead atoms. The fourth-order valence-corrected chi connectivity index (χ4v) is 6.73. The molecule has 0 spiro atoms. The van der Waals surface area contributed by atoms with Crippen LogP contribution in [0.2, 0.25) is 0 Å². The molecule has 3 aromatic rings. The van der Waals surface area contributed by atoms with Crippen LogP contribution in [0.15, 0.2) is 46.3 Å². The van der Waals surface area contributed by atoms with Crippen molar-refractivity contribution >= 4 is 37.5 Å². The molecule has 2 aliphatic heterocycles. The largest absolute Gasteiger partial charge is 0.497 e. The Morgan fingerprint density at radius 2 is 1.89 bits per heavy atom. The maximum Gasteiger partial charge on any atom is 0.251 e. The van der Waals surface area contributed by atoms with Crippen LogP contribution < -0.4 is 19.0 Å². The standard InChI is InChI=1S/C24H23N3O6S2/c1-3-10-27-19-13-20-21(33-15-32-20)14-22(19)34-24(27)25-23(28)16-8-11-26(12-9-16)35(29,30)18-6-4-17(31-2)5-7-18/h1,4-7,13-14,16H,8-12,15H2,2H3. The molecule has 2 aromatic carbocycles. The molecule has 0 saturated carbocycles. The van der Waals surface area contributed by atoms with Gasteiger partial charge in [-0.2, -0.15) is 9.30 Å². The Kier molecular flexibility index (Phi) is 6.27. The number of carbonyl (C=O) groups is 1. The molecule has 11 heteroatoms. The van der Waals surface area contributed by atoms with E-state index in [1.54, 1.807) is 12.1 Å². The number of amides is 1. The Labute approximate surface area is 206 Å². The third-order valence-corrected chi connectivity index (χ3v) is 9.09. The monoisotopic (exact) mass is 513 g/mol. The van der Waals surface area contributed by atoms with Crippen molar-refractivity contribution in [2.24, 2.45) is 10.9 Å². The van der Waals surface area contributed by atoms with Crippen molar-refractivity contribution in [3.63, 3.8) is 0 Å². The number of terminal acetylenes is 1. The van der Waals surface area contributed by atoms with Crippen LogP contribution in [0.1, 0.15) is 12.8 Å². The number of methoxy groups -OCH3 is 1. The van der Waals surface area contributed by atoms with E-state index in [0.29, 0.717) is 34.9 Å². The van der Waals surface area contributed by atoms with Gasteiger partial charge in [-0.1, -0.05) is 17.3 Å². The third kappa shape index (κ3) is 4.40. The van der Waals surface area contributed by atoms with E-state index in [2.05, 4.69) is 10.9 Å². The molecule has 1 aromatic heterocycles. The Morgan fingerprint density at radius 1 is 1.20 bits per heavy atom. The van der Waals surface area contributed by atoms with E-state index in [1.165, 1.54) is 34.9 Å². The number of carbonyl (C=O) groups excluding carboxylic acids is 1. The van der Waals surface area contributed by atoms with E-state index < -0.39 is 10.0 Å². The summed E-state index contributed by atoms with van der Waals surface area (Å²) in [5.74, 6) is 3.84. The summed E-state index contributed by atoms with van der Waals surface area (Å²) in [6.45, 7) is 0.922. The summed E-state index contributed by atoms with van der Waals surface area (Å²) in [5.41, 5.74) is 0.823. The fourth-order valence-electron chi connectivity index (χ4n) is 4.21. The van der Waals surface area contributed by atoms with Crippen molar-refractivity contribution in [3.05, 3.63) is 41.2 Å². The van der Waals surface area contributed by atoms with Gasteiger partial charge < -0.3 is 18.8 Å². The lowest BCUT2D eigenvalue weighted by Crippen LogP contribution is -2.40. The van der Waals surface area contributed by atoms with Crippen molar-refractivity contribution in [3.8, 4) is 29.6 Å². The fraction of sp³-hybridized carbons (Fsp3) is 0.333. The zero-order valence-corrected chi connectivity index (χ0v) is 20.6. The molecule has 2 aliphatic rings. The molecule has 182 valence electrons. The van der Waals surface area contributed by atoms with Gasteiger partial charge in [-0.15, -0.1) is 6.42 Å². The quantitative estimate of drug-likeness (QED) is 0.487. The van der Waals surface area contributed by atoms with E-state index in [1.807, 2.05) is 16.7 Å². The molecule has 3 heterocycles. The van der Waals surface area contributed by atoms with E-state index in [4.69, 9.17) is 20.6 Å². The molecule has 5 rings (SSSR count). The van der Waals surface area contributed by atoms with Crippen LogP contribution in [-0.4, -0.2) is 50.2 Å². The molecule has 1 fully saturated rings. The molecule has 0 aliphatic carbocycles. The Hall–Kier alpha value is -3.33. The Morgan fingerprint density at radius 3 is 2.54 bits per heavy atom. The molecule has 0 unspecified atom stereocenters. The van der Waals surface area contributed by atoms with Crippen LogP contribution in [-0.2, 0) is 21.4 Å². The summed E-state index contributed by atoms with van der Waals surface area (Å²) in [4.78, 5) is 18.1. The maximum atomic E-state index is 13.0. The number of hydrogen-bond acceptors (Lipinski definition) is 7. The lowest BCUT2D eigenvalue weighted by Gasteiger charge is -2.29. The molecule has 0 N–H and O–H groups in total. The molecule has 0 radical (unpaired) electrons. The highest BCUT2D eigenvalue weighted by Crippen LogP contribution is 2.37. The predicted molar refractivity (Wildman–Crippen MR) is 130 cm³/mol. The van der Waals surface area contributed by atoms with Crippen LogP contribution in [0.5, 0.6) is 17.2 Å². The topological polar surface area (TPSA) is 99.4 Å². The highest BCUT2D eigenvalue weighted by atomic mass is 32.2. The number of fused-ring (bicyclic) bond motifs is 2. The number of sulfonamides is 1. The first-order chi connectivity index (χ1) is 16.9. The number of thiazole rings is 1. The minimum Gasteiger partial charge on any atom is -0.497 e. The molecular formula is C24H23N3O6S2. The Balaban J connectivity index is 1.34. The summed E-state index contributed by atoms with van der Waals surface area (Å²) < 4.78 is 46.1. The summed E-state index contributed by atoms with van der Waals surface area (Å²) in [5, 5.41) is 0. The number of aromatic nitrogens is 1. The maximum absolute atomic E-state index is 13.0. The van der Waals surface area contributed by atoms with Gasteiger partial charge in [0, 0.05) is 31.1 Å². The minimum atomic E-state index is -3.64. The van der Waals surface area contributed by atoms with Crippen LogP contribution in [0.3, 0.4) is 0 Å². The SMILES string of the molecule is C#CCn1c(=NC(=O)C2CCN(S(=O)(=O)c3ccc(OC)cc3)CC2)sc2cc3c(cc21)OCO3. The van der Waals surface area contributed by atoms with Crippen LogP contribution >= 0.6 is 11.3 Å². The van der Waals surface area contributed by atoms with Crippen molar-refractivity contribution < 1.29 is 27.4 Å². The zero-order valence-electron chi connectivity index (χ0n) is 19.0. The van der Waals surface area contributed by atoms with Gasteiger partial charge in [0.1, 0.15) is 5.75 Å².